The van der Waals surface area contributed by atoms with Gasteiger partial charge in [0, 0.05) is 36.9 Å². The molecule has 4 N–H and O–H groups in total. The molecular weight excluding hydrogens is 463 g/mol. The molecule has 1 aromatic rings. The van der Waals surface area contributed by atoms with Gasteiger partial charge in [0.05, 0.1) is 12.1 Å². The minimum absolute atomic E-state index is 0. The number of carbonyl (C=O) groups excluding carboxylic acids is 1. The number of halogens is 1. The molecule has 2 atom stereocenters. The Hall–Kier alpha value is -1.000. The molecule has 2 unspecified atom stereocenters. The van der Waals surface area contributed by atoms with Crippen molar-refractivity contribution >= 4 is 53.3 Å². The highest BCUT2D eigenvalue weighted by Crippen LogP contribution is 2.31. The summed E-state index contributed by atoms with van der Waals surface area (Å²) in [4.78, 5) is 16.5. The lowest BCUT2D eigenvalue weighted by atomic mass is 9.90. The monoisotopic (exact) mass is 490 g/mol. The van der Waals surface area contributed by atoms with Gasteiger partial charge >= 0.3 is 0 Å². The Labute approximate surface area is 176 Å². The third-order valence-corrected chi connectivity index (χ3v) is 5.81. The van der Waals surface area contributed by atoms with E-state index in [4.69, 9.17) is 0 Å². The fraction of sp³-hybridized carbons (Fsp3) is 0.556. The number of carbonyl (C=O) groups is 1. The molecule has 0 aliphatic carbocycles. The van der Waals surface area contributed by atoms with Crippen molar-refractivity contribution in [1.29, 1.82) is 0 Å². The Morgan fingerprint density at radius 3 is 2.96 bits per heavy atom. The molecule has 1 saturated heterocycles. The predicted octanol–water partition coefficient (Wildman–Crippen LogP) is 2.15. The fourth-order valence-electron chi connectivity index (χ4n) is 3.19. The van der Waals surface area contributed by atoms with Gasteiger partial charge in [-0.25, -0.2) is 0 Å². The van der Waals surface area contributed by atoms with Crippen molar-refractivity contribution in [2.45, 2.75) is 31.3 Å². The molecule has 1 amide bonds. The van der Waals surface area contributed by atoms with Crippen molar-refractivity contribution in [1.82, 2.24) is 10.6 Å². The third kappa shape index (κ3) is 5.50. The molecule has 3 rings (SSSR count). The molecule has 2 aliphatic rings. The second-order valence-electron chi connectivity index (χ2n) is 6.64. The van der Waals surface area contributed by atoms with Crippen LogP contribution in [0.15, 0.2) is 29.3 Å². The van der Waals surface area contributed by atoms with Crippen LogP contribution in [0, 0.1) is 0 Å². The first-order chi connectivity index (χ1) is 12.1. The Bertz CT molecular complexity index is 650. The number of nitrogens with zero attached hydrogens (tertiary/aromatic N) is 1. The number of benzene rings is 1. The molecule has 1 aromatic carbocycles. The van der Waals surface area contributed by atoms with Crippen LogP contribution in [0.1, 0.15) is 31.2 Å². The summed E-state index contributed by atoms with van der Waals surface area (Å²) in [5.74, 6) is 2.58. The Morgan fingerprint density at radius 2 is 2.23 bits per heavy atom. The number of fused-ring (bicyclic) bond motifs is 1. The van der Waals surface area contributed by atoms with Gasteiger partial charge in [-0.3, -0.25) is 9.79 Å². The van der Waals surface area contributed by atoms with Gasteiger partial charge in [0.1, 0.15) is 0 Å². The zero-order chi connectivity index (χ0) is 17.7. The summed E-state index contributed by atoms with van der Waals surface area (Å²) in [5.41, 5.74) is 1.35. The van der Waals surface area contributed by atoms with Crippen LogP contribution in [0.3, 0.4) is 0 Å². The van der Waals surface area contributed by atoms with Crippen LogP contribution in [-0.4, -0.2) is 53.7 Å². The average molecular weight is 490 g/mol. The number of thioether (sulfide) groups is 1. The van der Waals surface area contributed by atoms with Gasteiger partial charge in [0.25, 0.3) is 0 Å². The molecule has 8 heteroatoms. The Balaban J connectivity index is 0.00000243. The van der Waals surface area contributed by atoms with Crippen LogP contribution in [0.25, 0.3) is 0 Å². The normalized spacial score (nSPS) is 25.1. The van der Waals surface area contributed by atoms with Crippen molar-refractivity contribution in [3.8, 4) is 0 Å². The molecule has 0 spiro atoms. The molecular formula is C18H27IN4O2S. The summed E-state index contributed by atoms with van der Waals surface area (Å²) >= 11 is 1.77. The number of aliphatic hydroxyl groups is 1. The molecule has 0 radical (unpaired) electrons. The van der Waals surface area contributed by atoms with Crippen molar-refractivity contribution in [3.05, 3.63) is 29.8 Å². The lowest BCUT2D eigenvalue weighted by molar-refractivity contribution is -0.116. The van der Waals surface area contributed by atoms with Crippen LogP contribution in [-0.2, 0) is 4.79 Å². The number of aliphatic imine (C=N–C) groups is 1. The lowest BCUT2D eigenvalue weighted by Crippen LogP contribution is -2.42. The lowest BCUT2D eigenvalue weighted by Gasteiger charge is -2.26. The van der Waals surface area contributed by atoms with Gasteiger partial charge in [-0.15, -0.1) is 24.0 Å². The van der Waals surface area contributed by atoms with E-state index in [-0.39, 0.29) is 35.8 Å². The number of rotatable bonds is 5. The predicted molar refractivity (Wildman–Crippen MR) is 119 cm³/mol. The summed E-state index contributed by atoms with van der Waals surface area (Å²) in [6, 6.07) is 7.92. The van der Waals surface area contributed by atoms with Crippen molar-refractivity contribution < 1.29 is 9.90 Å². The molecule has 2 aliphatic heterocycles. The smallest absolute Gasteiger partial charge is 0.225 e. The summed E-state index contributed by atoms with van der Waals surface area (Å²) in [7, 11) is 0. The van der Waals surface area contributed by atoms with Crippen molar-refractivity contribution in [2.24, 2.45) is 4.99 Å². The summed E-state index contributed by atoms with van der Waals surface area (Å²) < 4.78 is 0. The molecule has 6 nitrogen and oxygen atoms in total. The van der Waals surface area contributed by atoms with Gasteiger partial charge in [-0.2, -0.15) is 11.8 Å². The van der Waals surface area contributed by atoms with E-state index in [2.05, 4.69) is 27.0 Å². The van der Waals surface area contributed by atoms with Gasteiger partial charge in [-0.05, 0) is 30.7 Å². The van der Waals surface area contributed by atoms with E-state index in [1.54, 1.807) is 11.8 Å². The maximum atomic E-state index is 11.9. The number of para-hydroxylation sites is 1. The summed E-state index contributed by atoms with van der Waals surface area (Å²) in [5, 5.41) is 19.9. The number of guanidine groups is 1. The quantitative estimate of drug-likeness (QED) is 0.289. The topological polar surface area (TPSA) is 85.8 Å². The highest BCUT2D eigenvalue weighted by Gasteiger charge is 2.31. The van der Waals surface area contributed by atoms with E-state index >= 15 is 0 Å². The maximum absolute atomic E-state index is 11.9. The second kappa shape index (κ2) is 9.80. The van der Waals surface area contributed by atoms with Crippen LogP contribution < -0.4 is 16.0 Å². The van der Waals surface area contributed by atoms with Gasteiger partial charge in [0.2, 0.25) is 5.91 Å². The first kappa shape index (κ1) is 21.3. The number of anilines is 1. The first-order valence-corrected chi connectivity index (χ1v) is 9.96. The van der Waals surface area contributed by atoms with E-state index in [1.165, 1.54) is 0 Å². The van der Waals surface area contributed by atoms with E-state index in [1.807, 2.05) is 25.1 Å². The van der Waals surface area contributed by atoms with Crippen LogP contribution >= 0.6 is 35.7 Å². The highest BCUT2D eigenvalue weighted by atomic mass is 127. The van der Waals surface area contributed by atoms with Gasteiger partial charge < -0.3 is 21.1 Å². The number of hydrogen-bond donors (Lipinski definition) is 4. The molecule has 0 bridgehead atoms. The zero-order valence-corrected chi connectivity index (χ0v) is 18.1. The molecule has 0 aromatic heterocycles. The minimum Gasteiger partial charge on any atom is -0.387 e. The number of nitrogens with one attached hydrogen (secondary N) is 3. The summed E-state index contributed by atoms with van der Waals surface area (Å²) in [6.45, 7) is 3.79. The maximum Gasteiger partial charge on any atom is 0.225 e. The average Bonchev–Trinajstić information content (AvgIpc) is 3.04. The van der Waals surface area contributed by atoms with Crippen LogP contribution in [0.4, 0.5) is 5.69 Å². The van der Waals surface area contributed by atoms with Crippen molar-refractivity contribution in [3.63, 3.8) is 0 Å². The minimum atomic E-state index is -0.690. The van der Waals surface area contributed by atoms with E-state index < -0.39 is 5.60 Å². The SMILES string of the molecule is CCNC(=NCC1(O)CCSC1)NCC1CC(=O)Nc2ccccc21.I. The van der Waals surface area contributed by atoms with Crippen molar-refractivity contribution in [2.75, 3.05) is 36.5 Å². The zero-order valence-electron chi connectivity index (χ0n) is 15.0. The second-order valence-corrected chi connectivity index (χ2v) is 7.74. The van der Waals surface area contributed by atoms with Crippen LogP contribution in [0.5, 0.6) is 0 Å². The van der Waals surface area contributed by atoms with Gasteiger partial charge in [-0.1, -0.05) is 18.2 Å². The molecule has 0 saturated carbocycles. The van der Waals surface area contributed by atoms with Crippen LogP contribution in [0.2, 0.25) is 0 Å². The molecule has 2 heterocycles. The van der Waals surface area contributed by atoms with E-state index in [9.17, 15) is 9.90 Å². The first-order valence-electron chi connectivity index (χ1n) is 8.81. The number of hydrogen-bond acceptors (Lipinski definition) is 4. The fourth-order valence-corrected chi connectivity index (χ4v) is 4.48. The van der Waals surface area contributed by atoms with E-state index in [0.29, 0.717) is 25.5 Å². The largest absolute Gasteiger partial charge is 0.387 e. The highest BCUT2D eigenvalue weighted by molar-refractivity contribution is 14.0. The standard InChI is InChI=1S/C18H26N4O2S.HI/c1-2-19-17(21-11-18(24)7-8-25-12-18)20-10-13-9-16(23)22-15-6-4-3-5-14(13)15;/h3-6,13,24H,2,7-12H2,1H3,(H,22,23)(H2,19,20,21);1H. The molecule has 1 fully saturated rings. The Kier molecular flexibility index (Phi) is 8.03. The third-order valence-electron chi connectivity index (χ3n) is 4.58. The summed E-state index contributed by atoms with van der Waals surface area (Å²) in [6.07, 6.45) is 1.25. The van der Waals surface area contributed by atoms with Gasteiger partial charge in [0.15, 0.2) is 5.96 Å². The molecule has 144 valence electrons. The molecule has 26 heavy (non-hydrogen) atoms. The number of amides is 1. The Morgan fingerprint density at radius 1 is 1.42 bits per heavy atom. The van der Waals surface area contributed by atoms with E-state index in [0.717, 1.165) is 35.7 Å².